The van der Waals surface area contributed by atoms with Crippen LogP contribution in [0.3, 0.4) is 0 Å². The van der Waals surface area contributed by atoms with Gasteiger partial charge in [0.25, 0.3) is 5.91 Å². The first-order chi connectivity index (χ1) is 17.4. The second-order valence-electron chi connectivity index (χ2n) is 9.02. The normalized spacial score (nSPS) is 16.2. The van der Waals surface area contributed by atoms with Crippen molar-refractivity contribution in [3.05, 3.63) is 66.9 Å². The number of nitrogen functional groups attached to an aromatic ring is 1. The van der Waals surface area contributed by atoms with Gasteiger partial charge in [-0.15, -0.1) is 0 Å². The van der Waals surface area contributed by atoms with Crippen LogP contribution in [0.4, 0.5) is 5.82 Å². The van der Waals surface area contributed by atoms with Crippen LogP contribution in [-0.2, 0) is 4.79 Å². The third kappa shape index (κ3) is 6.17. The molecule has 3 N–H and O–H groups in total. The summed E-state index contributed by atoms with van der Waals surface area (Å²) >= 11 is 0. The summed E-state index contributed by atoms with van der Waals surface area (Å²) in [6.07, 6.45) is 6.74. The van der Waals surface area contributed by atoms with Crippen molar-refractivity contribution in [3.8, 4) is 22.9 Å². The molecule has 196 valence electrons. The highest BCUT2D eigenvalue weighted by Crippen LogP contribution is 2.43. The van der Waals surface area contributed by atoms with Crippen molar-refractivity contribution in [2.75, 3.05) is 26.4 Å². The van der Waals surface area contributed by atoms with E-state index in [0.29, 0.717) is 46.7 Å². The zero-order valence-electron chi connectivity index (χ0n) is 20.7. The van der Waals surface area contributed by atoms with Crippen molar-refractivity contribution < 1.29 is 14.3 Å². The van der Waals surface area contributed by atoms with Gasteiger partial charge in [0.15, 0.2) is 0 Å². The van der Waals surface area contributed by atoms with Crippen molar-refractivity contribution in [2.24, 2.45) is 5.92 Å². The number of likely N-dealkylation sites (N-methyl/N-ethyl adjacent to an activating group) is 1. The highest BCUT2D eigenvalue weighted by molar-refractivity contribution is 6.03. The first-order valence-corrected chi connectivity index (χ1v) is 12.1. The summed E-state index contributed by atoms with van der Waals surface area (Å²) in [4.78, 5) is 30.5. The van der Waals surface area contributed by atoms with Crippen LogP contribution in [-0.4, -0.2) is 52.1 Å². The topological polar surface area (TPSA) is 115 Å². The number of ether oxygens (including phenoxy) is 1. The second-order valence-corrected chi connectivity index (χ2v) is 9.02. The number of nitrogens with two attached hydrogens (primary N) is 1. The Labute approximate surface area is 218 Å². The van der Waals surface area contributed by atoms with Gasteiger partial charge >= 0.3 is 0 Å². The molecule has 0 unspecified atom stereocenters. The Bertz CT molecular complexity index is 1220. The predicted octanol–water partition coefficient (Wildman–Crippen LogP) is 4.69. The van der Waals surface area contributed by atoms with Crippen LogP contribution in [0.1, 0.15) is 49.5 Å². The van der Waals surface area contributed by atoms with E-state index in [1.54, 1.807) is 42.0 Å². The number of hydrogen-bond acceptors (Lipinski definition) is 6. The lowest BCUT2D eigenvalue weighted by molar-refractivity contribution is -0.124. The fourth-order valence-electron chi connectivity index (χ4n) is 4.48. The molecule has 37 heavy (non-hydrogen) atoms. The SMILES string of the molecule is C.C=CC(=O)N(C)CCCC1CC(n2nc(-c3ccc(Oc4ccccc4)cn3)c(C(=O)NC)c2N)C1. The summed E-state index contributed by atoms with van der Waals surface area (Å²) in [5.74, 6) is 1.81. The van der Waals surface area contributed by atoms with Gasteiger partial charge in [-0.3, -0.25) is 14.6 Å². The molecule has 0 spiro atoms. The lowest BCUT2D eigenvalue weighted by Gasteiger charge is -2.36. The first kappa shape index (κ1) is 27.4. The molecular weight excluding hydrogens is 468 g/mol. The molecule has 1 aliphatic carbocycles. The minimum absolute atomic E-state index is 0. The van der Waals surface area contributed by atoms with Gasteiger partial charge in [-0.1, -0.05) is 32.2 Å². The van der Waals surface area contributed by atoms with Gasteiger partial charge in [-0.05, 0) is 61.9 Å². The first-order valence-electron chi connectivity index (χ1n) is 12.1. The number of aromatic nitrogens is 3. The lowest BCUT2D eigenvalue weighted by atomic mass is 9.77. The molecule has 2 amide bonds. The molecule has 2 aromatic heterocycles. The number of carbonyl (C=O) groups is 2. The minimum atomic E-state index is -0.300. The van der Waals surface area contributed by atoms with Gasteiger partial charge in [0.1, 0.15) is 28.6 Å². The molecule has 9 heteroatoms. The minimum Gasteiger partial charge on any atom is -0.456 e. The van der Waals surface area contributed by atoms with E-state index >= 15 is 0 Å². The van der Waals surface area contributed by atoms with Crippen LogP contribution in [0.2, 0.25) is 0 Å². The van der Waals surface area contributed by atoms with Crippen LogP contribution in [0.5, 0.6) is 11.5 Å². The van der Waals surface area contributed by atoms with Gasteiger partial charge in [-0.2, -0.15) is 5.10 Å². The number of pyridine rings is 1. The number of rotatable bonds is 10. The predicted molar refractivity (Wildman–Crippen MR) is 145 cm³/mol. The van der Waals surface area contributed by atoms with Crippen molar-refractivity contribution in [3.63, 3.8) is 0 Å². The number of hydrogen-bond donors (Lipinski definition) is 2. The molecule has 1 aliphatic rings. The Morgan fingerprint density at radius 1 is 1.22 bits per heavy atom. The Balaban J connectivity index is 0.00000380. The number of nitrogens with one attached hydrogen (secondary N) is 1. The third-order valence-corrected chi connectivity index (χ3v) is 6.57. The lowest BCUT2D eigenvalue weighted by Crippen LogP contribution is -2.30. The van der Waals surface area contributed by atoms with E-state index in [9.17, 15) is 9.59 Å². The second kappa shape index (κ2) is 12.2. The quantitative estimate of drug-likeness (QED) is 0.387. The number of amides is 2. The summed E-state index contributed by atoms with van der Waals surface area (Å²) in [5, 5.41) is 7.39. The van der Waals surface area contributed by atoms with Crippen LogP contribution in [0.25, 0.3) is 11.4 Å². The number of benzene rings is 1. The Morgan fingerprint density at radius 2 is 1.95 bits per heavy atom. The van der Waals surface area contributed by atoms with E-state index in [4.69, 9.17) is 15.6 Å². The fraction of sp³-hybridized carbons (Fsp3) is 0.357. The van der Waals surface area contributed by atoms with E-state index in [1.165, 1.54) is 6.08 Å². The zero-order valence-corrected chi connectivity index (χ0v) is 20.7. The maximum Gasteiger partial charge on any atom is 0.257 e. The molecule has 1 fully saturated rings. The van der Waals surface area contributed by atoms with E-state index < -0.39 is 0 Å². The fourth-order valence-corrected chi connectivity index (χ4v) is 4.48. The molecule has 0 atom stereocenters. The van der Waals surface area contributed by atoms with Crippen molar-refractivity contribution in [1.82, 2.24) is 25.0 Å². The molecule has 1 saturated carbocycles. The average Bonchev–Trinajstić information content (AvgIpc) is 3.21. The summed E-state index contributed by atoms with van der Waals surface area (Å²) in [6.45, 7) is 4.23. The number of carbonyl (C=O) groups excluding carboxylic acids is 2. The summed E-state index contributed by atoms with van der Waals surface area (Å²) in [7, 11) is 3.36. The third-order valence-electron chi connectivity index (χ3n) is 6.57. The molecule has 0 aliphatic heterocycles. The zero-order chi connectivity index (χ0) is 25.7. The van der Waals surface area contributed by atoms with E-state index in [2.05, 4.69) is 16.9 Å². The van der Waals surface area contributed by atoms with Crippen LogP contribution < -0.4 is 15.8 Å². The van der Waals surface area contributed by atoms with Gasteiger partial charge in [-0.25, -0.2) is 4.68 Å². The van der Waals surface area contributed by atoms with E-state index in [0.717, 1.165) is 25.7 Å². The maximum absolute atomic E-state index is 12.7. The Kier molecular flexibility index (Phi) is 9.05. The van der Waals surface area contributed by atoms with Crippen LogP contribution in [0.15, 0.2) is 61.3 Å². The molecule has 0 radical (unpaired) electrons. The van der Waals surface area contributed by atoms with Crippen LogP contribution in [0, 0.1) is 5.92 Å². The Hall–Kier alpha value is -4.14. The summed E-state index contributed by atoms with van der Waals surface area (Å²) in [5.41, 5.74) is 7.75. The highest BCUT2D eigenvalue weighted by Gasteiger charge is 2.34. The van der Waals surface area contributed by atoms with E-state index in [-0.39, 0.29) is 25.3 Å². The number of para-hydroxylation sites is 1. The van der Waals surface area contributed by atoms with Gasteiger partial charge in [0, 0.05) is 20.6 Å². The molecule has 2 heterocycles. The molecule has 1 aromatic carbocycles. The average molecular weight is 505 g/mol. The number of anilines is 1. The summed E-state index contributed by atoms with van der Waals surface area (Å²) in [6, 6.07) is 13.2. The Morgan fingerprint density at radius 3 is 2.57 bits per heavy atom. The largest absolute Gasteiger partial charge is 0.456 e. The molecule has 0 saturated heterocycles. The van der Waals surface area contributed by atoms with Crippen molar-refractivity contribution in [1.29, 1.82) is 0 Å². The summed E-state index contributed by atoms with van der Waals surface area (Å²) < 4.78 is 7.59. The van der Waals surface area contributed by atoms with E-state index in [1.807, 2.05) is 30.3 Å². The standard InChI is InChI=1S/C27H32N6O3.CH4/c1-4-23(34)32(3)14-8-9-18-15-19(16-18)33-26(28)24(27(35)29-2)25(31-33)22-13-12-21(17-30-22)36-20-10-6-5-7-11-20;/h4-7,10-13,17-19H,1,8-9,14-16,28H2,2-3H3,(H,29,35);1H4. The highest BCUT2D eigenvalue weighted by atomic mass is 16.5. The maximum atomic E-state index is 12.7. The number of nitrogens with zero attached hydrogens (tertiary/aromatic N) is 4. The van der Waals surface area contributed by atoms with Gasteiger partial charge in [0.05, 0.1) is 17.9 Å². The molecule has 9 nitrogen and oxygen atoms in total. The van der Waals surface area contributed by atoms with Crippen LogP contribution >= 0.6 is 0 Å². The van der Waals surface area contributed by atoms with Crippen molar-refractivity contribution >= 4 is 17.6 Å². The van der Waals surface area contributed by atoms with Gasteiger partial charge in [0.2, 0.25) is 5.91 Å². The molecule has 0 bridgehead atoms. The van der Waals surface area contributed by atoms with Crippen molar-refractivity contribution in [2.45, 2.75) is 39.2 Å². The van der Waals surface area contributed by atoms with Gasteiger partial charge < -0.3 is 20.7 Å². The molecule has 4 rings (SSSR count). The monoisotopic (exact) mass is 504 g/mol. The smallest absolute Gasteiger partial charge is 0.257 e. The molecular formula is C28H36N6O3. The molecule has 3 aromatic rings.